The summed E-state index contributed by atoms with van der Waals surface area (Å²) in [7, 11) is -3.78. The van der Waals surface area contributed by atoms with Gasteiger partial charge in [-0.2, -0.15) is 0 Å². The van der Waals surface area contributed by atoms with Gasteiger partial charge in [-0.05, 0) is 43.5 Å². The van der Waals surface area contributed by atoms with Crippen LogP contribution in [-0.2, 0) is 14.8 Å². The van der Waals surface area contributed by atoms with Gasteiger partial charge in [0.25, 0.3) is 5.69 Å². The molecule has 1 heterocycles. The Hall–Kier alpha value is -2.98. The van der Waals surface area contributed by atoms with Crippen LogP contribution in [-0.4, -0.2) is 49.9 Å². The first kappa shape index (κ1) is 22.7. The van der Waals surface area contributed by atoms with Crippen molar-refractivity contribution in [3.8, 4) is 5.75 Å². The molecule has 0 unspecified atom stereocenters. The molecule has 1 amide bonds. The third kappa shape index (κ3) is 6.50. The lowest BCUT2D eigenvalue weighted by Gasteiger charge is -2.32. The second-order valence-corrected chi connectivity index (χ2v) is 9.01. The molecule has 31 heavy (non-hydrogen) atoms. The van der Waals surface area contributed by atoms with Gasteiger partial charge in [-0.15, -0.1) is 0 Å². The average Bonchev–Trinajstić information content (AvgIpc) is 2.77. The summed E-state index contributed by atoms with van der Waals surface area (Å²) in [4.78, 5) is 24.3. The maximum atomic E-state index is 12.5. The number of hydrogen-bond donors (Lipinski definition) is 1. The fourth-order valence-corrected chi connectivity index (χ4v) is 4.67. The maximum absolute atomic E-state index is 12.5. The molecule has 1 aliphatic rings. The number of nitro benzene ring substituents is 1. The van der Waals surface area contributed by atoms with Gasteiger partial charge in [0.1, 0.15) is 5.75 Å². The van der Waals surface area contributed by atoms with Gasteiger partial charge in [-0.1, -0.05) is 18.2 Å². The number of amides is 1. The van der Waals surface area contributed by atoms with E-state index in [0.29, 0.717) is 45.4 Å². The number of nitrogens with one attached hydrogen (secondary N) is 1. The summed E-state index contributed by atoms with van der Waals surface area (Å²) >= 11 is 0. The van der Waals surface area contributed by atoms with E-state index in [4.69, 9.17) is 4.74 Å². The Morgan fingerprint density at radius 2 is 1.74 bits per heavy atom. The van der Waals surface area contributed by atoms with Crippen LogP contribution < -0.4 is 9.46 Å². The van der Waals surface area contributed by atoms with Gasteiger partial charge in [0.2, 0.25) is 15.9 Å². The lowest BCUT2D eigenvalue weighted by atomic mass is 10.1. The molecular formula is C21H25N3O6S. The zero-order chi connectivity index (χ0) is 22.3. The number of rotatable bonds is 9. The predicted molar refractivity (Wildman–Crippen MR) is 114 cm³/mol. The summed E-state index contributed by atoms with van der Waals surface area (Å²) in [6, 6.07) is 13.9. The molecule has 9 nitrogen and oxygen atoms in total. The van der Waals surface area contributed by atoms with Crippen LogP contribution in [0.5, 0.6) is 5.75 Å². The van der Waals surface area contributed by atoms with Crippen LogP contribution in [0.15, 0.2) is 59.5 Å². The molecule has 0 radical (unpaired) electrons. The lowest BCUT2D eigenvalue weighted by Crippen LogP contribution is -2.46. The summed E-state index contributed by atoms with van der Waals surface area (Å²) < 4.78 is 33.3. The van der Waals surface area contributed by atoms with Crippen LogP contribution in [0.2, 0.25) is 0 Å². The topological polar surface area (TPSA) is 119 Å². The Balaban J connectivity index is 1.41. The van der Waals surface area contributed by atoms with Gasteiger partial charge in [-0.3, -0.25) is 14.9 Å². The Morgan fingerprint density at radius 1 is 1.10 bits per heavy atom. The average molecular weight is 448 g/mol. The first-order chi connectivity index (χ1) is 14.8. The van der Waals surface area contributed by atoms with Crippen LogP contribution in [0, 0.1) is 10.1 Å². The zero-order valence-corrected chi connectivity index (χ0v) is 17.8. The minimum absolute atomic E-state index is 0.0185. The highest BCUT2D eigenvalue weighted by atomic mass is 32.2. The summed E-state index contributed by atoms with van der Waals surface area (Å²) in [5.41, 5.74) is -0.167. The number of ether oxygens (including phenoxy) is 1. The number of benzene rings is 2. The van der Waals surface area contributed by atoms with Gasteiger partial charge in [0.05, 0.1) is 16.4 Å². The first-order valence-electron chi connectivity index (χ1n) is 10.1. The fraction of sp³-hybridized carbons (Fsp3) is 0.381. The van der Waals surface area contributed by atoms with Crippen LogP contribution in [0.3, 0.4) is 0 Å². The van der Waals surface area contributed by atoms with E-state index >= 15 is 0 Å². The monoisotopic (exact) mass is 447 g/mol. The molecule has 0 bridgehead atoms. The van der Waals surface area contributed by atoms with Crippen molar-refractivity contribution in [2.24, 2.45) is 0 Å². The molecule has 166 valence electrons. The summed E-state index contributed by atoms with van der Waals surface area (Å²) in [5, 5.41) is 10.7. The molecular weight excluding hydrogens is 422 g/mol. The number of nitrogens with zero attached hydrogens (tertiary/aromatic N) is 2. The van der Waals surface area contributed by atoms with Crippen molar-refractivity contribution < 1.29 is 22.9 Å². The minimum atomic E-state index is -3.78. The molecule has 2 aromatic carbocycles. The minimum Gasteiger partial charge on any atom is -0.494 e. The van der Waals surface area contributed by atoms with Gasteiger partial charge in [0.15, 0.2) is 0 Å². The maximum Gasteiger partial charge on any atom is 0.269 e. The number of piperidine rings is 1. The number of hydrogen-bond acceptors (Lipinski definition) is 6. The Morgan fingerprint density at radius 3 is 2.35 bits per heavy atom. The van der Waals surface area contributed by atoms with Gasteiger partial charge < -0.3 is 9.64 Å². The van der Waals surface area contributed by atoms with E-state index in [9.17, 15) is 23.3 Å². The summed E-state index contributed by atoms with van der Waals surface area (Å²) in [5.74, 6) is 0.810. The molecule has 1 N–H and O–H groups in total. The predicted octanol–water partition coefficient (Wildman–Crippen LogP) is 2.72. The molecule has 10 heteroatoms. The quantitative estimate of drug-likeness (QED) is 0.359. The standard InChI is InChI=1S/C21H25N3O6S/c25-21(7-4-16-30-19-5-2-1-3-6-19)23-14-12-17(13-15-23)22-31(28,29)20-10-8-18(9-11-20)24(26)27/h1-3,5-6,8-11,17,22H,4,7,12-16H2. The summed E-state index contributed by atoms with van der Waals surface area (Å²) in [6.45, 7) is 1.42. The first-order valence-corrected chi connectivity index (χ1v) is 11.6. The Bertz CT molecular complexity index is 988. The van der Waals surface area contributed by atoms with Crippen LogP contribution in [0.4, 0.5) is 5.69 Å². The van der Waals surface area contributed by atoms with E-state index in [1.807, 2.05) is 30.3 Å². The van der Waals surface area contributed by atoms with E-state index in [1.165, 1.54) is 12.1 Å². The van der Waals surface area contributed by atoms with Gasteiger partial charge in [-0.25, -0.2) is 13.1 Å². The van der Waals surface area contributed by atoms with Crippen molar-refractivity contribution in [2.45, 2.75) is 36.6 Å². The second-order valence-electron chi connectivity index (χ2n) is 7.29. The van der Waals surface area contributed by atoms with Crippen molar-refractivity contribution in [2.75, 3.05) is 19.7 Å². The highest BCUT2D eigenvalue weighted by Crippen LogP contribution is 2.19. The lowest BCUT2D eigenvalue weighted by molar-refractivity contribution is -0.384. The summed E-state index contributed by atoms with van der Waals surface area (Å²) in [6.07, 6.45) is 2.02. The van der Waals surface area contributed by atoms with Crippen molar-refractivity contribution >= 4 is 21.6 Å². The van der Waals surface area contributed by atoms with Crippen molar-refractivity contribution in [1.82, 2.24) is 9.62 Å². The van der Waals surface area contributed by atoms with Crippen molar-refractivity contribution in [3.63, 3.8) is 0 Å². The Kier molecular flexibility index (Phi) is 7.59. The van der Waals surface area contributed by atoms with Crippen LogP contribution in [0.25, 0.3) is 0 Å². The van der Waals surface area contributed by atoms with Gasteiger partial charge >= 0.3 is 0 Å². The van der Waals surface area contributed by atoms with Crippen LogP contribution >= 0.6 is 0 Å². The third-order valence-electron chi connectivity index (χ3n) is 5.07. The highest BCUT2D eigenvalue weighted by Gasteiger charge is 2.26. The molecule has 1 saturated heterocycles. The number of likely N-dealkylation sites (tertiary alicyclic amines) is 1. The number of sulfonamides is 1. The van der Waals surface area contributed by atoms with E-state index < -0.39 is 14.9 Å². The van der Waals surface area contributed by atoms with Crippen molar-refractivity contribution in [1.29, 1.82) is 0 Å². The number of para-hydroxylation sites is 1. The van der Waals surface area contributed by atoms with E-state index in [-0.39, 0.29) is 22.5 Å². The third-order valence-corrected chi connectivity index (χ3v) is 6.61. The van der Waals surface area contributed by atoms with Crippen LogP contribution in [0.1, 0.15) is 25.7 Å². The van der Waals surface area contributed by atoms with E-state index in [1.54, 1.807) is 4.90 Å². The SMILES string of the molecule is O=C(CCCOc1ccccc1)N1CCC(NS(=O)(=O)c2ccc([N+](=O)[O-])cc2)CC1. The number of non-ortho nitro benzene ring substituents is 1. The second kappa shape index (κ2) is 10.4. The molecule has 3 rings (SSSR count). The number of carbonyl (C=O) groups excluding carboxylic acids is 1. The molecule has 0 spiro atoms. The number of nitro groups is 1. The molecule has 0 atom stereocenters. The zero-order valence-electron chi connectivity index (χ0n) is 17.0. The number of carbonyl (C=O) groups is 1. The smallest absolute Gasteiger partial charge is 0.269 e. The fourth-order valence-electron chi connectivity index (χ4n) is 3.37. The van der Waals surface area contributed by atoms with Crippen molar-refractivity contribution in [3.05, 3.63) is 64.7 Å². The van der Waals surface area contributed by atoms with Gasteiger partial charge in [0, 0.05) is 37.7 Å². The molecule has 0 aliphatic carbocycles. The highest BCUT2D eigenvalue weighted by molar-refractivity contribution is 7.89. The Labute approximate surface area is 181 Å². The molecule has 1 aliphatic heterocycles. The normalized spacial score (nSPS) is 14.9. The van der Waals surface area contributed by atoms with E-state index in [2.05, 4.69) is 4.72 Å². The molecule has 0 saturated carbocycles. The molecule has 2 aromatic rings. The molecule has 1 fully saturated rings. The largest absolute Gasteiger partial charge is 0.494 e. The molecule has 0 aromatic heterocycles. The van der Waals surface area contributed by atoms with E-state index in [0.717, 1.165) is 17.9 Å².